The monoisotopic (exact) mass is 270 g/mol. The minimum Gasteiger partial charge on any atom is -0.481 e. The number of carboxylic acids is 2. The molecule has 0 aromatic heterocycles. The van der Waals surface area contributed by atoms with Gasteiger partial charge in [0, 0.05) is 5.02 Å². The van der Waals surface area contributed by atoms with E-state index in [1.54, 1.807) is 12.1 Å². The van der Waals surface area contributed by atoms with Crippen molar-refractivity contribution in [2.45, 2.75) is 25.7 Å². The molecule has 0 unspecified atom stereocenters. The number of aryl methyl sites for hydroxylation is 1. The van der Waals surface area contributed by atoms with Crippen molar-refractivity contribution in [2.24, 2.45) is 5.92 Å². The Labute approximate surface area is 110 Å². The highest BCUT2D eigenvalue weighted by Gasteiger charge is 2.24. The SMILES string of the molecule is O=C(O)C(CCCCc1ccc(Cl)cc1)C(=O)O. The molecule has 1 rings (SSSR count). The first-order valence-corrected chi connectivity index (χ1v) is 6.08. The number of benzene rings is 1. The van der Waals surface area contributed by atoms with Crippen LogP contribution in [0, 0.1) is 5.92 Å². The Bertz CT molecular complexity index is 400. The van der Waals surface area contributed by atoms with Crippen LogP contribution in [0.4, 0.5) is 0 Å². The lowest BCUT2D eigenvalue weighted by Crippen LogP contribution is -2.23. The van der Waals surface area contributed by atoms with Crippen LogP contribution in [0.15, 0.2) is 24.3 Å². The van der Waals surface area contributed by atoms with Crippen molar-refractivity contribution in [1.82, 2.24) is 0 Å². The van der Waals surface area contributed by atoms with Crippen molar-refractivity contribution in [3.8, 4) is 0 Å². The van der Waals surface area contributed by atoms with Gasteiger partial charge >= 0.3 is 11.9 Å². The number of carboxylic acid groups (broad SMARTS) is 2. The molecule has 2 N–H and O–H groups in total. The highest BCUT2D eigenvalue weighted by Crippen LogP contribution is 2.14. The van der Waals surface area contributed by atoms with Crippen LogP contribution in [0.3, 0.4) is 0 Å². The maximum absolute atomic E-state index is 10.6. The zero-order valence-electron chi connectivity index (χ0n) is 9.80. The molecule has 1 aromatic carbocycles. The van der Waals surface area contributed by atoms with Crippen molar-refractivity contribution in [2.75, 3.05) is 0 Å². The second-order valence-electron chi connectivity index (χ2n) is 4.10. The van der Waals surface area contributed by atoms with E-state index in [2.05, 4.69) is 0 Å². The van der Waals surface area contributed by atoms with E-state index in [1.807, 2.05) is 12.1 Å². The van der Waals surface area contributed by atoms with E-state index in [0.29, 0.717) is 11.4 Å². The molecule has 0 heterocycles. The van der Waals surface area contributed by atoms with E-state index < -0.39 is 17.9 Å². The van der Waals surface area contributed by atoms with Gasteiger partial charge in [0.1, 0.15) is 0 Å². The molecule has 0 amide bonds. The van der Waals surface area contributed by atoms with Crippen LogP contribution in [0.2, 0.25) is 5.02 Å². The van der Waals surface area contributed by atoms with Crippen LogP contribution in [-0.4, -0.2) is 22.2 Å². The third-order valence-corrected chi connectivity index (χ3v) is 2.97. The van der Waals surface area contributed by atoms with Crippen LogP contribution >= 0.6 is 11.6 Å². The summed E-state index contributed by atoms with van der Waals surface area (Å²) in [5, 5.41) is 18.1. The number of hydrogen-bond donors (Lipinski definition) is 2. The third-order valence-electron chi connectivity index (χ3n) is 2.72. The summed E-state index contributed by atoms with van der Waals surface area (Å²) in [5.74, 6) is -3.83. The topological polar surface area (TPSA) is 74.6 Å². The molecule has 0 saturated heterocycles. The van der Waals surface area contributed by atoms with Gasteiger partial charge in [-0.25, -0.2) is 0 Å². The maximum atomic E-state index is 10.6. The van der Waals surface area contributed by atoms with Crippen LogP contribution in [0.25, 0.3) is 0 Å². The molecular weight excluding hydrogens is 256 g/mol. The van der Waals surface area contributed by atoms with Crippen molar-refractivity contribution >= 4 is 23.5 Å². The molecule has 0 spiro atoms. The minimum absolute atomic E-state index is 0.165. The fourth-order valence-electron chi connectivity index (χ4n) is 1.68. The standard InChI is InChI=1S/C13H15ClO4/c14-10-7-5-9(6-8-10)3-1-2-4-11(12(15)16)13(17)18/h5-8,11H,1-4H2,(H,15,16)(H,17,18). The molecule has 0 aliphatic heterocycles. The molecule has 0 bridgehead atoms. The zero-order chi connectivity index (χ0) is 13.5. The molecule has 18 heavy (non-hydrogen) atoms. The zero-order valence-corrected chi connectivity index (χ0v) is 10.6. The quantitative estimate of drug-likeness (QED) is 0.590. The van der Waals surface area contributed by atoms with Gasteiger partial charge in [0.05, 0.1) is 0 Å². The molecule has 0 saturated carbocycles. The lowest BCUT2D eigenvalue weighted by Gasteiger charge is -2.07. The Morgan fingerprint density at radius 2 is 1.61 bits per heavy atom. The average molecular weight is 271 g/mol. The Kier molecular flexibility index (Phi) is 5.65. The van der Waals surface area contributed by atoms with E-state index in [4.69, 9.17) is 21.8 Å². The third kappa shape index (κ3) is 4.75. The smallest absolute Gasteiger partial charge is 0.317 e. The summed E-state index contributed by atoms with van der Waals surface area (Å²) in [6, 6.07) is 7.42. The van der Waals surface area contributed by atoms with Gasteiger partial charge in [-0.05, 0) is 37.0 Å². The summed E-state index contributed by atoms with van der Waals surface area (Å²) >= 11 is 5.75. The Morgan fingerprint density at radius 1 is 1.06 bits per heavy atom. The van der Waals surface area contributed by atoms with Crippen LogP contribution in [-0.2, 0) is 16.0 Å². The molecule has 0 aliphatic rings. The van der Waals surface area contributed by atoms with E-state index in [9.17, 15) is 9.59 Å². The van der Waals surface area contributed by atoms with E-state index >= 15 is 0 Å². The molecule has 98 valence electrons. The fourth-order valence-corrected chi connectivity index (χ4v) is 1.81. The second-order valence-corrected chi connectivity index (χ2v) is 4.54. The second kappa shape index (κ2) is 7.01. The summed E-state index contributed by atoms with van der Waals surface area (Å²) in [6.45, 7) is 0. The average Bonchev–Trinajstić information content (AvgIpc) is 2.30. The first-order valence-electron chi connectivity index (χ1n) is 5.70. The molecule has 1 aromatic rings. The van der Waals surface area contributed by atoms with Crippen molar-refractivity contribution < 1.29 is 19.8 Å². The highest BCUT2D eigenvalue weighted by atomic mass is 35.5. The predicted molar refractivity (Wildman–Crippen MR) is 67.8 cm³/mol. The van der Waals surface area contributed by atoms with E-state index in [0.717, 1.165) is 18.4 Å². The summed E-state index contributed by atoms with van der Waals surface area (Å²) in [4.78, 5) is 21.3. The largest absolute Gasteiger partial charge is 0.481 e. The number of unbranched alkanes of at least 4 members (excludes halogenated alkanes) is 1. The van der Waals surface area contributed by atoms with Crippen molar-refractivity contribution in [3.63, 3.8) is 0 Å². The number of hydrogen-bond acceptors (Lipinski definition) is 2. The molecule has 0 atom stereocenters. The van der Waals surface area contributed by atoms with Crippen molar-refractivity contribution in [1.29, 1.82) is 0 Å². The van der Waals surface area contributed by atoms with Crippen LogP contribution in [0.1, 0.15) is 24.8 Å². The number of halogens is 1. The van der Waals surface area contributed by atoms with E-state index in [-0.39, 0.29) is 6.42 Å². The molecule has 5 heteroatoms. The van der Waals surface area contributed by atoms with Gasteiger partial charge in [0.25, 0.3) is 0 Å². The van der Waals surface area contributed by atoms with Gasteiger partial charge in [0.2, 0.25) is 0 Å². The van der Waals surface area contributed by atoms with Crippen molar-refractivity contribution in [3.05, 3.63) is 34.9 Å². The summed E-state index contributed by atoms with van der Waals surface area (Å²) in [6.07, 6.45) is 2.30. The Hall–Kier alpha value is -1.55. The summed E-state index contributed by atoms with van der Waals surface area (Å²) < 4.78 is 0. The Morgan fingerprint density at radius 3 is 2.11 bits per heavy atom. The summed E-state index contributed by atoms with van der Waals surface area (Å²) in [7, 11) is 0. The molecule has 0 radical (unpaired) electrons. The fraction of sp³-hybridized carbons (Fsp3) is 0.385. The highest BCUT2D eigenvalue weighted by molar-refractivity contribution is 6.30. The van der Waals surface area contributed by atoms with Gasteiger partial charge in [-0.2, -0.15) is 0 Å². The van der Waals surface area contributed by atoms with E-state index in [1.165, 1.54) is 0 Å². The lowest BCUT2D eigenvalue weighted by molar-refractivity contribution is -0.154. The maximum Gasteiger partial charge on any atom is 0.317 e. The number of aliphatic carboxylic acids is 2. The predicted octanol–water partition coefficient (Wildman–Crippen LogP) is 2.84. The van der Waals surface area contributed by atoms with Crippen LogP contribution < -0.4 is 0 Å². The van der Waals surface area contributed by atoms with Gasteiger partial charge < -0.3 is 10.2 Å². The molecule has 0 aliphatic carbocycles. The van der Waals surface area contributed by atoms with Gasteiger partial charge in [0.15, 0.2) is 5.92 Å². The summed E-state index contributed by atoms with van der Waals surface area (Å²) in [5.41, 5.74) is 1.11. The normalized spacial score (nSPS) is 10.6. The molecule has 4 nitrogen and oxygen atoms in total. The minimum atomic E-state index is -1.30. The Balaban J connectivity index is 2.32. The van der Waals surface area contributed by atoms with Gasteiger partial charge in [-0.1, -0.05) is 30.2 Å². The first kappa shape index (κ1) is 14.5. The molecular formula is C13H15ClO4. The van der Waals surface area contributed by atoms with Crippen LogP contribution in [0.5, 0.6) is 0 Å². The first-order chi connectivity index (χ1) is 8.50. The number of rotatable bonds is 7. The molecule has 0 fully saturated rings. The number of carbonyl (C=O) groups is 2. The van der Waals surface area contributed by atoms with Gasteiger partial charge in [-0.3, -0.25) is 9.59 Å². The van der Waals surface area contributed by atoms with Gasteiger partial charge in [-0.15, -0.1) is 0 Å². The lowest BCUT2D eigenvalue weighted by atomic mass is 10.00.